The van der Waals surface area contributed by atoms with Crippen LogP contribution in [0.4, 0.5) is 5.13 Å². The van der Waals surface area contributed by atoms with Gasteiger partial charge in [0.1, 0.15) is 5.75 Å². The Balaban J connectivity index is 0.00000133. The van der Waals surface area contributed by atoms with E-state index in [4.69, 9.17) is 4.74 Å². The molecule has 3 nitrogen and oxygen atoms in total. The van der Waals surface area contributed by atoms with Gasteiger partial charge in [-0.05, 0) is 47.0 Å². The Bertz CT molecular complexity index is 572. The van der Waals surface area contributed by atoms with Crippen molar-refractivity contribution in [3.05, 3.63) is 28.1 Å². The Labute approximate surface area is 130 Å². The molecule has 2 aromatic rings. The Morgan fingerprint density at radius 3 is 2.84 bits per heavy atom. The van der Waals surface area contributed by atoms with Crippen LogP contribution in [0.1, 0.15) is 12.8 Å². The van der Waals surface area contributed by atoms with Crippen molar-refractivity contribution in [3.63, 3.8) is 0 Å². The minimum Gasteiger partial charge on any atom is -0.496 e. The van der Waals surface area contributed by atoms with E-state index in [0.29, 0.717) is 6.04 Å². The lowest BCUT2D eigenvalue weighted by atomic mass is 10.2. The first-order valence-corrected chi connectivity index (χ1v) is 7.49. The molecule has 0 radical (unpaired) electrons. The zero-order valence-corrected chi connectivity index (χ0v) is 13.6. The lowest BCUT2D eigenvalue weighted by Crippen LogP contribution is -1.99. The van der Waals surface area contributed by atoms with E-state index in [2.05, 4.69) is 31.6 Å². The van der Waals surface area contributed by atoms with Crippen LogP contribution in [0, 0.1) is 0 Å². The van der Waals surface area contributed by atoms with Crippen LogP contribution in [0.2, 0.25) is 0 Å². The Kier molecular flexibility index (Phi) is 4.71. The van der Waals surface area contributed by atoms with E-state index in [-0.39, 0.29) is 12.4 Å². The number of ether oxygens (including phenoxy) is 1. The number of thiazole rings is 1. The summed E-state index contributed by atoms with van der Waals surface area (Å²) >= 11 is 5.16. The fraction of sp³-hybridized carbons (Fsp3) is 0.308. The maximum absolute atomic E-state index is 5.22. The van der Waals surface area contributed by atoms with Crippen LogP contribution in [-0.4, -0.2) is 18.1 Å². The molecule has 0 amide bonds. The van der Waals surface area contributed by atoms with Crippen molar-refractivity contribution < 1.29 is 4.74 Å². The number of nitrogens with zero attached hydrogens (tertiary/aromatic N) is 1. The molecule has 1 saturated carbocycles. The Morgan fingerprint density at radius 1 is 1.42 bits per heavy atom. The van der Waals surface area contributed by atoms with E-state index in [9.17, 15) is 0 Å². The number of hydrogen-bond donors (Lipinski definition) is 1. The zero-order chi connectivity index (χ0) is 12.5. The first-order chi connectivity index (χ1) is 8.76. The van der Waals surface area contributed by atoms with Gasteiger partial charge in [0.25, 0.3) is 0 Å². The number of hydrogen-bond acceptors (Lipinski definition) is 4. The highest BCUT2D eigenvalue weighted by Gasteiger charge is 2.22. The smallest absolute Gasteiger partial charge is 0.183 e. The van der Waals surface area contributed by atoms with Gasteiger partial charge in [0.2, 0.25) is 0 Å². The van der Waals surface area contributed by atoms with Crippen molar-refractivity contribution in [3.8, 4) is 17.0 Å². The SMILES string of the molecule is COc1ccc(-c2csc(NC3CC3)n2)cc1Br.Cl. The normalized spacial score (nSPS) is 13.8. The van der Waals surface area contributed by atoms with Gasteiger partial charge in [-0.3, -0.25) is 0 Å². The van der Waals surface area contributed by atoms with Gasteiger partial charge < -0.3 is 10.1 Å². The molecule has 19 heavy (non-hydrogen) atoms. The monoisotopic (exact) mass is 360 g/mol. The van der Waals surface area contributed by atoms with Gasteiger partial charge in [-0.2, -0.15) is 0 Å². The molecule has 1 aliphatic rings. The topological polar surface area (TPSA) is 34.1 Å². The minimum atomic E-state index is 0. The van der Waals surface area contributed by atoms with Gasteiger partial charge in [-0.15, -0.1) is 23.7 Å². The van der Waals surface area contributed by atoms with E-state index < -0.39 is 0 Å². The third kappa shape index (κ3) is 3.41. The largest absolute Gasteiger partial charge is 0.496 e. The quantitative estimate of drug-likeness (QED) is 0.865. The fourth-order valence-corrected chi connectivity index (χ4v) is 3.04. The van der Waals surface area contributed by atoms with Crippen LogP contribution in [-0.2, 0) is 0 Å². The summed E-state index contributed by atoms with van der Waals surface area (Å²) in [5.74, 6) is 0.838. The highest BCUT2D eigenvalue weighted by atomic mass is 79.9. The van der Waals surface area contributed by atoms with Crippen LogP contribution in [0.3, 0.4) is 0 Å². The van der Waals surface area contributed by atoms with Crippen molar-refractivity contribution in [2.45, 2.75) is 18.9 Å². The predicted molar refractivity (Wildman–Crippen MR) is 85.7 cm³/mol. The lowest BCUT2D eigenvalue weighted by molar-refractivity contribution is 0.412. The van der Waals surface area contributed by atoms with Crippen molar-refractivity contribution in [1.29, 1.82) is 0 Å². The number of anilines is 1. The first-order valence-electron chi connectivity index (χ1n) is 5.82. The molecular formula is C13H14BrClN2OS. The van der Waals surface area contributed by atoms with Crippen LogP contribution < -0.4 is 10.1 Å². The summed E-state index contributed by atoms with van der Waals surface area (Å²) in [5.41, 5.74) is 2.11. The number of aromatic nitrogens is 1. The summed E-state index contributed by atoms with van der Waals surface area (Å²) in [6.45, 7) is 0. The maximum atomic E-state index is 5.22. The number of rotatable bonds is 4. The van der Waals surface area contributed by atoms with E-state index in [0.717, 1.165) is 26.6 Å². The van der Waals surface area contributed by atoms with Crippen LogP contribution >= 0.6 is 39.7 Å². The maximum Gasteiger partial charge on any atom is 0.183 e. The van der Waals surface area contributed by atoms with E-state index >= 15 is 0 Å². The minimum absolute atomic E-state index is 0. The zero-order valence-electron chi connectivity index (χ0n) is 10.4. The van der Waals surface area contributed by atoms with Crippen molar-refractivity contribution in [2.75, 3.05) is 12.4 Å². The molecule has 0 unspecified atom stereocenters. The average molecular weight is 362 g/mol. The standard InChI is InChI=1S/C13H13BrN2OS.ClH/c1-17-12-5-2-8(6-10(12)14)11-7-18-13(16-11)15-9-3-4-9;/h2,5-7,9H,3-4H2,1H3,(H,15,16);1H. The average Bonchev–Trinajstić information content (AvgIpc) is 3.05. The third-order valence-corrected chi connectivity index (χ3v) is 4.25. The summed E-state index contributed by atoms with van der Waals surface area (Å²) in [7, 11) is 1.67. The molecule has 1 aliphatic carbocycles. The summed E-state index contributed by atoms with van der Waals surface area (Å²) in [4.78, 5) is 4.60. The molecular weight excluding hydrogens is 348 g/mol. The molecule has 0 atom stereocenters. The van der Waals surface area contributed by atoms with Crippen molar-refractivity contribution >= 4 is 44.8 Å². The molecule has 1 N–H and O–H groups in total. The molecule has 6 heteroatoms. The predicted octanol–water partition coefficient (Wildman–Crippen LogP) is 4.58. The van der Waals surface area contributed by atoms with Gasteiger partial charge in [-0.25, -0.2) is 4.98 Å². The highest BCUT2D eigenvalue weighted by Crippen LogP contribution is 2.33. The molecule has 102 valence electrons. The van der Waals surface area contributed by atoms with Crippen LogP contribution in [0.15, 0.2) is 28.1 Å². The van der Waals surface area contributed by atoms with Gasteiger partial charge in [0.05, 0.1) is 17.3 Å². The Hall–Kier alpha value is -0.780. The van der Waals surface area contributed by atoms with Gasteiger partial charge in [-0.1, -0.05) is 0 Å². The molecule has 0 spiro atoms. The number of benzene rings is 1. The molecule has 0 aliphatic heterocycles. The molecule has 0 saturated heterocycles. The van der Waals surface area contributed by atoms with Gasteiger partial charge in [0, 0.05) is 17.0 Å². The van der Waals surface area contributed by atoms with E-state index in [1.165, 1.54) is 12.8 Å². The summed E-state index contributed by atoms with van der Waals surface area (Å²) in [5, 5.41) is 6.51. The van der Waals surface area contributed by atoms with E-state index in [1.807, 2.05) is 18.2 Å². The Morgan fingerprint density at radius 2 is 2.21 bits per heavy atom. The third-order valence-electron chi connectivity index (χ3n) is 2.86. The van der Waals surface area contributed by atoms with Crippen LogP contribution in [0.5, 0.6) is 5.75 Å². The van der Waals surface area contributed by atoms with Gasteiger partial charge in [0.15, 0.2) is 5.13 Å². The summed E-state index contributed by atoms with van der Waals surface area (Å²) < 4.78 is 6.18. The van der Waals surface area contributed by atoms with Gasteiger partial charge >= 0.3 is 0 Å². The second-order valence-corrected chi connectivity index (χ2v) is 6.02. The molecule has 1 heterocycles. The fourth-order valence-electron chi connectivity index (χ4n) is 1.70. The number of methoxy groups -OCH3 is 1. The lowest BCUT2D eigenvalue weighted by Gasteiger charge is -2.04. The molecule has 0 bridgehead atoms. The number of halogens is 2. The molecule has 1 aromatic heterocycles. The number of nitrogens with one attached hydrogen (secondary N) is 1. The molecule has 1 fully saturated rings. The molecule has 1 aromatic carbocycles. The summed E-state index contributed by atoms with van der Waals surface area (Å²) in [6.07, 6.45) is 2.53. The van der Waals surface area contributed by atoms with Crippen molar-refractivity contribution in [1.82, 2.24) is 4.98 Å². The summed E-state index contributed by atoms with van der Waals surface area (Å²) in [6, 6.07) is 6.66. The highest BCUT2D eigenvalue weighted by molar-refractivity contribution is 9.10. The second kappa shape index (κ2) is 6.11. The first kappa shape index (κ1) is 14.6. The second-order valence-electron chi connectivity index (χ2n) is 4.31. The van der Waals surface area contributed by atoms with E-state index in [1.54, 1.807) is 18.4 Å². The van der Waals surface area contributed by atoms with Crippen molar-refractivity contribution in [2.24, 2.45) is 0 Å². The van der Waals surface area contributed by atoms with Crippen LogP contribution in [0.25, 0.3) is 11.3 Å². The molecule has 3 rings (SSSR count).